The van der Waals surface area contributed by atoms with Gasteiger partial charge in [0, 0.05) is 21.0 Å². The molecule has 2 aliphatic heterocycles. The van der Waals surface area contributed by atoms with Gasteiger partial charge in [0.2, 0.25) is 11.8 Å². The summed E-state index contributed by atoms with van der Waals surface area (Å²) in [6.07, 6.45) is -10.5. The molecule has 2 amide bonds. The van der Waals surface area contributed by atoms with Gasteiger partial charge in [-0.3, -0.25) is 9.59 Å². The van der Waals surface area contributed by atoms with Crippen LogP contribution in [0, 0.1) is 0 Å². The maximum absolute atomic E-state index is 11.5. The summed E-state index contributed by atoms with van der Waals surface area (Å²) in [7, 11) is 1.29. The van der Waals surface area contributed by atoms with E-state index in [0.717, 1.165) is 0 Å². The van der Waals surface area contributed by atoms with Crippen LogP contribution in [0.3, 0.4) is 0 Å². The number of carbonyl (C=O) groups is 2. The predicted molar refractivity (Wildman–Crippen MR) is 96.6 cm³/mol. The summed E-state index contributed by atoms with van der Waals surface area (Å²) in [5, 5.41) is 55.2. The third-order valence-corrected chi connectivity index (χ3v) is 4.98. The van der Waals surface area contributed by atoms with Crippen LogP contribution in [0.15, 0.2) is 0 Å². The van der Waals surface area contributed by atoms with Crippen molar-refractivity contribution in [3.05, 3.63) is 0 Å². The summed E-state index contributed by atoms with van der Waals surface area (Å²) in [4.78, 5) is 22.8. The highest BCUT2D eigenvalue weighted by Gasteiger charge is 2.48. The van der Waals surface area contributed by atoms with Crippen LogP contribution in [0.25, 0.3) is 0 Å². The van der Waals surface area contributed by atoms with E-state index in [1.54, 1.807) is 0 Å². The quantitative estimate of drug-likeness (QED) is 0.202. The monoisotopic (exact) mass is 438 g/mol. The summed E-state index contributed by atoms with van der Waals surface area (Å²) < 4.78 is 21.7. The molecule has 2 fully saturated rings. The topological polar surface area (TPSA) is 196 Å². The minimum absolute atomic E-state index is 0.368. The molecule has 2 saturated heterocycles. The Morgan fingerprint density at radius 1 is 0.833 bits per heavy atom. The summed E-state index contributed by atoms with van der Waals surface area (Å²) in [5.74, 6) is -0.976. The number of aliphatic hydroxyl groups excluding tert-OH is 5. The SMILES string of the molecule is CO[C@H]1O[C@H](CO[C@@H]2O[C@H](CO)[C@H](O)[C@H](O)[C@H]2NC(C)=O)[C@@H](O)[C@H](O)[C@H]1NC(C)=O. The Balaban J connectivity index is 2.09. The number of methoxy groups -OCH3 is 1. The van der Waals surface area contributed by atoms with Crippen molar-refractivity contribution in [2.75, 3.05) is 20.3 Å². The second-order valence-electron chi connectivity index (χ2n) is 7.25. The summed E-state index contributed by atoms with van der Waals surface area (Å²) in [6, 6.07) is -2.19. The molecule has 174 valence electrons. The number of carbonyl (C=O) groups excluding carboxylic acids is 2. The second kappa shape index (κ2) is 10.7. The van der Waals surface area contributed by atoms with E-state index in [1.165, 1.54) is 21.0 Å². The fourth-order valence-electron chi connectivity index (χ4n) is 3.46. The molecule has 2 rings (SSSR count). The van der Waals surface area contributed by atoms with Crippen LogP contribution in [0.5, 0.6) is 0 Å². The van der Waals surface area contributed by atoms with Crippen LogP contribution >= 0.6 is 0 Å². The Labute approximate surface area is 172 Å². The molecule has 0 radical (unpaired) electrons. The van der Waals surface area contributed by atoms with Crippen LogP contribution in [-0.4, -0.2) is 119 Å². The maximum atomic E-state index is 11.5. The van der Waals surface area contributed by atoms with Gasteiger partial charge < -0.3 is 55.1 Å². The average Bonchev–Trinajstić information content (AvgIpc) is 2.69. The largest absolute Gasteiger partial charge is 0.394 e. The van der Waals surface area contributed by atoms with Crippen molar-refractivity contribution in [2.24, 2.45) is 0 Å². The van der Waals surface area contributed by atoms with Gasteiger partial charge in [-0.25, -0.2) is 0 Å². The summed E-state index contributed by atoms with van der Waals surface area (Å²) >= 11 is 0. The third kappa shape index (κ3) is 5.63. The van der Waals surface area contributed by atoms with Gasteiger partial charge in [0.1, 0.15) is 48.7 Å². The molecule has 13 heteroatoms. The normalized spacial score (nSPS) is 41.9. The van der Waals surface area contributed by atoms with Gasteiger partial charge in [0.15, 0.2) is 12.6 Å². The first-order valence-corrected chi connectivity index (χ1v) is 9.43. The molecule has 13 nitrogen and oxygen atoms in total. The summed E-state index contributed by atoms with van der Waals surface area (Å²) in [6.45, 7) is 1.45. The number of nitrogens with one attached hydrogen (secondary N) is 2. The van der Waals surface area contributed by atoms with Crippen LogP contribution in [0.1, 0.15) is 13.8 Å². The number of hydrogen-bond donors (Lipinski definition) is 7. The molecule has 10 atom stereocenters. The van der Waals surface area contributed by atoms with Gasteiger partial charge >= 0.3 is 0 Å². The van der Waals surface area contributed by atoms with Crippen LogP contribution in [-0.2, 0) is 28.5 Å². The number of ether oxygens (including phenoxy) is 4. The minimum Gasteiger partial charge on any atom is -0.394 e. The third-order valence-electron chi connectivity index (χ3n) is 4.98. The Morgan fingerprint density at radius 2 is 1.30 bits per heavy atom. The highest BCUT2D eigenvalue weighted by molar-refractivity contribution is 5.73. The zero-order valence-corrected chi connectivity index (χ0v) is 16.9. The lowest BCUT2D eigenvalue weighted by Crippen LogP contribution is -2.66. The van der Waals surface area contributed by atoms with Gasteiger partial charge in [-0.15, -0.1) is 0 Å². The Bertz CT molecular complexity index is 592. The van der Waals surface area contributed by atoms with Crippen molar-refractivity contribution in [3.63, 3.8) is 0 Å². The van der Waals surface area contributed by atoms with Crippen molar-refractivity contribution in [1.29, 1.82) is 0 Å². The molecule has 0 aromatic rings. The first kappa shape index (κ1) is 24.8. The molecule has 30 heavy (non-hydrogen) atoms. The molecular weight excluding hydrogens is 408 g/mol. The fraction of sp³-hybridized carbons (Fsp3) is 0.882. The molecular formula is C17H30N2O11. The van der Waals surface area contributed by atoms with Gasteiger partial charge in [-0.1, -0.05) is 0 Å². The molecule has 0 aromatic heterocycles. The molecule has 0 bridgehead atoms. The molecule has 0 saturated carbocycles. The van der Waals surface area contributed by atoms with Gasteiger partial charge in [-0.05, 0) is 0 Å². The standard InChI is InChI=1S/C17H30N2O11/c1-6(21)18-10-14(25)13(24)9(30-16(10)27-3)5-28-17-11(19-7(2)22)15(26)12(23)8(4-20)29-17/h8-17,20,23-26H,4-5H2,1-3H3,(H,18,21)(H,19,22)/t8-,9-,10-,11-,12+,13-,14-,15-,16+,17-/m1/s1. The van der Waals surface area contributed by atoms with Crippen molar-refractivity contribution in [1.82, 2.24) is 10.6 Å². The highest BCUT2D eigenvalue weighted by atomic mass is 16.7. The Morgan fingerprint density at radius 3 is 1.77 bits per heavy atom. The lowest BCUT2D eigenvalue weighted by atomic mass is 9.96. The lowest BCUT2D eigenvalue weighted by Gasteiger charge is -2.44. The number of rotatable bonds is 7. The highest BCUT2D eigenvalue weighted by Crippen LogP contribution is 2.26. The number of hydrogen-bond acceptors (Lipinski definition) is 11. The molecule has 0 aromatic carbocycles. The van der Waals surface area contributed by atoms with Crippen LogP contribution in [0.4, 0.5) is 0 Å². The first-order chi connectivity index (χ1) is 14.1. The van der Waals surface area contributed by atoms with E-state index in [2.05, 4.69) is 10.6 Å². The van der Waals surface area contributed by atoms with E-state index in [1.807, 2.05) is 0 Å². The van der Waals surface area contributed by atoms with Crippen molar-refractivity contribution >= 4 is 11.8 Å². The maximum Gasteiger partial charge on any atom is 0.217 e. The predicted octanol–water partition coefficient (Wildman–Crippen LogP) is -4.46. The molecule has 7 N–H and O–H groups in total. The van der Waals surface area contributed by atoms with Gasteiger partial charge in [0.05, 0.1) is 13.2 Å². The van der Waals surface area contributed by atoms with Crippen LogP contribution < -0.4 is 10.6 Å². The van der Waals surface area contributed by atoms with Gasteiger partial charge in [-0.2, -0.15) is 0 Å². The molecule has 2 heterocycles. The minimum atomic E-state index is -1.50. The van der Waals surface area contributed by atoms with E-state index in [-0.39, 0.29) is 6.61 Å². The number of amides is 2. The second-order valence-corrected chi connectivity index (χ2v) is 7.25. The van der Waals surface area contributed by atoms with Crippen molar-refractivity contribution < 1.29 is 54.1 Å². The van der Waals surface area contributed by atoms with E-state index in [0.29, 0.717) is 0 Å². The van der Waals surface area contributed by atoms with E-state index >= 15 is 0 Å². The smallest absolute Gasteiger partial charge is 0.217 e. The lowest BCUT2D eigenvalue weighted by molar-refractivity contribution is -0.300. The van der Waals surface area contributed by atoms with Crippen molar-refractivity contribution in [2.45, 2.75) is 75.1 Å². The Hall–Kier alpha value is -1.42. The molecule has 0 aliphatic carbocycles. The molecule has 2 aliphatic rings. The molecule has 0 unspecified atom stereocenters. The van der Waals surface area contributed by atoms with E-state index in [9.17, 15) is 35.1 Å². The first-order valence-electron chi connectivity index (χ1n) is 9.43. The van der Waals surface area contributed by atoms with Crippen molar-refractivity contribution in [3.8, 4) is 0 Å². The van der Waals surface area contributed by atoms with Crippen LogP contribution in [0.2, 0.25) is 0 Å². The zero-order valence-electron chi connectivity index (χ0n) is 16.9. The average molecular weight is 438 g/mol. The molecule has 0 spiro atoms. The number of aliphatic hydroxyl groups is 5. The Kier molecular flexibility index (Phi) is 8.90. The summed E-state index contributed by atoms with van der Waals surface area (Å²) in [5.41, 5.74) is 0. The van der Waals surface area contributed by atoms with E-state index < -0.39 is 79.7 Å². The van der Waals surface area contributed by atoms with Gasteiger partial charge in [0.25, 0.3) is 0 Å². The van der Waals surface area contributed by atoms with E-state index in [4.69, 9.17) is 18.9 Å². The zero-order chi connectivity index (χ0) is 22.6. The fourth-order valence-corrected chi connectivity index (χ4v) is 3.46.